The number of nitrogens with zero attached hydrogens (tertiary/aromatic N) is 3. The van der Waals surface area contributed by atoms with Crippen molar-refractivity contribution < 1.29 is 9.26 Å². The van der Waals surface area contributed by atoms with Crippen molar-refractivity contribution >= 4 is 17.6 Å². The van der Waals surface area contributed by atoms with Crippen LogP contribution in [0.1, 0.15) is 0 Å². The topological polar surface area (TPSA) is 51.4 Å². The molecule has 2 heterocycles. The molecule has 1 aliphatic rings. The lowest BCUT2D eigenvalue weighted by Gasteiger charge is -2.24. The summed E-state index contributed by atoms with van der Waals surface area (Å²) < 4.78 is 10.5. The van der Waals surface area contributed by atoms with E-state index in [1.54, 1.807) is 0 Å². The molecule has 0 atom stereocenters. The average Bonchev–Trinajstić information content (AvgIpc) is 2.90. The quantitative estimate of drug-likeness (QED) is 0.833. The fourth-order valence-corrected chi connectivity index (χ4v) is 1.94. The van der Waals surface area contributed by atoms with Gasteiger partial charge in [-0.15, -0.1) is 0 Å². The Morgan fingerprint density at radius 1 is 1.11 bits per heavy atom. The van der Waals surface area contributed by atoms with Crippen LogP contribution in [0.25, 0.3) is 11.4 Å². The lowest BCUT2D eigenvalue weighted by Crippen LogP contribution is -2.36. The number of aromatic nitrogens is 2. The van der Waals surface area contributed by atoms with Gasteiger partial charge in [0.2, 0.25) is 5.82 Å². The Hall–Kier alpha value is -1.59. The first-order valence-electron chi connectivity index (χ1n) is 5.75. The van der Waals surface area contributed by atoms with Crippen molar-refractivity contribution in [1.29, 1.82) is 0 Å². The van der Waals surface area contributed by atoms with Gasteiger partial charge in [0.05, 0.1) is 13.2 Å². The molecule has 0 radical (unpaired) electrons. The van der Waals surface area contributed by atoms with E-state index in [1.807, 2.05) is 29.2 Å². The molecule has 1 aromatic carbocycles. The van der Waals surface area contributed by atoms with Crippen molar-refractivity contribution in [1.82, 2.24) is 10.1 Å². The van der Waals surface area contributed by atoms with Crippen LogP contribution < -0.4 is 4.90 Å². The number of morpholine rings is 1. The monoisotopic (exact) mass is 265 g/mol. The molecule has 0 spiro atoms. The predicted octanol–water partition coefficient (Wildman–Crippen LogP) is 2.23. The van der Waals surface area contributed by atoms with Crippen molar-refractivity contribution in [2.75, 3.05) is 31.2 Å². The minimum Gasteiger partial charge on any atom is -0.378 e. The van der Waals surface area contributed by atoms with Crippen LogP contribution in [0.4, 0.5) is 6.01 Å². The van der Waals surface area contributed by atoms with E-state index in [0.29, 0.717) is 30.1 Å². The van der Waals surface area contributed by atoms with E-state index in [4.69, 9.17) is 20.9 Å². The zero-order valence-corrected chi connectivity index (χ0v) is 10.4. The van der Waals surface area contributed by atoms with Gasteiger partial charge in [-0.3, -0.25) is 0 Å². The number of hydrogen-bond acceptors (Lipinski definition) is 5. The van der Waals surface area contributed by atoms with E-state index in [-0.39, 0.29) is 0 Å². The number of ether oxygens (including phenoxy) is 1. The first-order valence-corrected chi connectivity index (χ1v) is 6.13. The minimum atomic E-state index is 0.545. The predicted molar refractivity (Wildman–Crippen MR) is 67.8 cm³/mol. The summed E-state index contributed by atoms with van der Waals surface area (Å²) in [5, 5.41) is 4.67. The fraction of sp³-hybridized carbons (Fsp3) is 0.333. The third-order valence-electron chi connectivity index (χ3n) is 2.80. The molecule has 1 aromatic heterocycles. The molecule has 1 fully saturated rings. The summed E-state index contributed by atoms with van der Waals surface area (Å²) in [6, 6.07) is 7.90. The Kier molecular flexibility index (Phi) is 3.17. The molecule has 0 unspecified atom stereocenters. The number of rotatable bonds is 2. The molecular weight excluding hydrogens is 254 g/mol. The van der Waals surface area contributed by atoms with Gasteiger partial charge in [0.15, 0.2) is 0 Å². The first kappa shape index (κ1) is 11.5. The van der Waals surface area contributed by atoms with E-state index in [9.17, 15) is 0 Å². The number of benzene rings is 1. The SMILES string of the molecule is Clc1ccc(-c2noc(N3CCOCC3)n2)cc1. The highest BCUT2D eigenvalue weighted by Gasteiger charge is 2.17. The molecule has 3 rings (SSSR count). The molecule has 1 saturated heterocycles. The Bertz CT molecular complexity index is 520. The third-order valence-corrected chi connectivity index (χ3v) is 3.05. The Balaban J connectivity index is 1.82. The summed E-state index contributed by atoms with van der Waals surface area (Å²) in [6.45, 7) is 2.95. The van der Waals surface area contributed by atoms with Crippen LogP contribution in [0.15, 0.2) is 28.8 Å². The van der Waals surface area contributed by atoms with Crippen LogP contribution in [0.5, 0.6) is 0 Å². The first-order chi connectivity index (χ1) is 8.83. The van der Waals surface area contributed by atoms with Crippen LogP contribution >= 0.6 is 11.6 Å². The summed E-state index contributed by atoms with van der Waals surface area (Å²) in [4.78, 5) is 6.41. The van der Waals surface area contributed by atoms with Crippen LogP contribution in [-0.2, 0) is 4.74 Å². The second-order valence-corrected chi connectivity index (χ2v) is 4.44. The summed E-state index contributed by atoms with van der Waals surface area (Å²) >= 11 is 5.84. The maximum absolute atomic E-state index is 5.84. The van der Waals surface area contributed by atoms with Gasteiger partial charge < -0.3 is 14.2 Å². The molecule has 94 valence electrons. The molecule has 0 N–H and O–H groups in total. The summed E-state index contributed by atoms with van der Waals surface area (Å²) in [6.07, 6.45) is 0. The summed E-state index contributed by atoms with van der Waals surface area (Å²) in [5.41, 5.74) is 0.891. The minimum absolute atomic E-state index is 0.545. The molecule has 0 amide bonds. The largest absolute Gasteiger partial charge is 0.378 e. The van der Waals surface area contributed by atoms with Gasteiger partial charge in [-0.1, -0.05) is 16.8 Å². The van der Waals surface area contributed by atoms with Crippen molar-refractivity contribution in [3.63, 3.8) is 0 Å². The summed E-state index contributed by atoms with van der Waals surface area (Å²) in [5.74, 6) is 0.577. The van der Waals surface area contributed by atoms with E-state index in [2.05, 4.69) is 10.1 Å². The molecule has 0 bridgehead atoms. The Morgan fingerprint density at radius 2 is 1.83 bits per heavy atom. The standard InChI is InChI=1S/C12H12ClN3O2/c13-10-3-1-9(2-4-10)11-14-12(18-15-11)16-5-7-17-8-6-16/h1-4H,5-8H2. The van der Waals surface area contributed by atoms with E-state index < -0.39 is 0 Å². The molecule has 0 aliphatic carbocycles. The number of halogens is 1. The zero-order valence-electron chi connectivity index (χ0n) is 9.67. The third kappa shape index (κ3) is 2.32. The average molecular weight is 266 g/mol. The molecule has 18 heavy (non-hydrogen) atoms. The number of anilines is 1. The molecular formula is C12H12ClN3O2. The smallest absolute Gasteiger partial charge is 0.324 e. The zero-order chi connectivity index (χ0) is 12.4. The molecule has 0 saturated carbocycles. The second kappa shape index (κ2) is 4.96. The lowest BCUT2D eigenvalue weighted by molar-refractivity contribution is 0.119. The van der Waals surface area contributed by atoms with E-state index in [0.717, 1.165) is 18.7 Å². The fourth-order valence-electron chi connectivity index (χ4n) is 1.81. The van der Waals surface area contributed by atoms with Gasteiger partial charge in [0.1, 0.15) is 0 Å². The highest BCUT2D eigenvalue weighted by Crippen LogP contribution is 2.21. The Morgan fingerprint density at radius 3 is 2.56 bits per heavy atom. The van der Waals surface area contributed by atoms with Gasteiger partial charge in [-0.2, -0.15) is 4.98 Å². The normalized spacial score (nSPS) is 15.9. The van der Waals surface area contributed by atoms with E-state index >= 15 is 0 Å². The van der Waals surface area contributed by atoms with Gasteiger partial charge >= 0.3 is 6.01 Å². The van der Waals surface area contributed by atoms with Gasteiger partial charge in [-0.25, -0.2) is 0 Å². The van der Waals surface area contributed by atoms with Crippen LogP contribution in [0.3, 0.4) is 0 Å². The highest BCUT2D eigenvalue weighted by atomic mass is 35.5. The van der Waals surface area contributed by atoms with Crippen molar-refractivity contribution in [2.45, 2.75) is 0 Å². The van der Waals surface area contributed by atoms with Crippen LogP contribution in [-0.4, -0.2) is 36.4 Å². The summed E-state index contributed by atoms with van der Waals surface area (Å²) in [7, 11) is 0. The van der Waals surface area contributed by atoms with Gasteiger partial charge in [0, 0.05) is 23.7 Å². The van der Waals surface area contributed by atoms with Gasteiger partial charge in [0.25, 0.3) is 0 Å². The van der Waals surface area contributed by atoms with Crippen LogP contribution in [0, 0.1) is 0 Å². The van der Waals surface area contributed by atoms with Gasteiger partial charge in [-0.05, 0) is 24.3 Å². The molecule has 1 aliphatic heterocycles. The molecule has 5 nitrogen and oxygen atoms in total. The maximum atomic E-state index is 5.84. The molecule has 2 aromatic rings. The lowest BCUT2D eigenvalue weighted by atomic mass is 10.2. The highest BCUT2D eigenvalue weighted by molar-refractivity contribution is 6.30. The van der Waals surface area contributed by atoms with Crippen LogP contribution in [0.2, 0.25) is 5.02 Å². The van der Waals surface area contributed by atoms with E-state index in [1.165, 1.54) is 0 Å². The Labute approximate surface area is 109 Å². The maximum Gasteiger partial charge on any atom is 0.324 e. The molecule has 6 heteroatoms. The second-order valence-electron chi connectivity index (χ2n) is 4.01. The van der Waals surface area contributed by atoms with Crippen molar-refractivity contribution in [3.05, 3.63) is 29.3 Å². The van der Waals surface area contributed by atoms with Crippen molar-refractivity contribution in [3.8, 4) is 11.4 Å². The van der Waals surface area contributed by atoms with Crippen molar-refractivity contribution in [2.24, 2.45) is 0 Å². The number of hydrogen-bond donors (Lipinski definition) is 0.